The molecule has 1 aromatic carbocycles. The van der Waals surface area contributed by atoms with Crippen molar-refractivity contribution < 1.29 is 12.8 Å². The van der Waals surface area contributed by atoms with E-state index < -0.39 is 18.2 Å². The Balaban J connectivity index is 1.97. The topological polar surface area (TPSA) is 56.3 Å². The lowest BCUT2D eigenvalue weighted by atomic mass is 10.2. The number of hydrogen-bond acceptors (Lipinski definition) is 5. The van der Waals surface area contributed by atoms with Crippen LogP contribution in [0, 0.1) is 0 Å². The van der Waals surface area contributed by atoms with Crippen LogP contribution in [0.4, 0.5) is 0 Å². The Morgan fingerprint density at radius 1 is 1.22 bits per heavy atom. The van der Waals surface area contributed by atoms with Crippen LogP contribution in [0.1, 0.15) is 27.2 Å². The van der Waals surface area contributed by atoms with Crippen molar-refractivity contribution in [2.45, 2.75) is 49.7 Å². The number of hydrogen-bond donors (Lipinski definition) is 0. The van der Waals surface area contributed by atoms with Gasteiger partial charge in [0, 0.05) is 6.61 Å². The van der Waals surface area contributed by atoms with Gasteiger partial charge in [0.25, 0.3) is 0 Å². The van der Waals surface area contributed by atoms with Gasteiger partial charge in [0.2, 0.25) is 14.2 Å². The molecule has 0 N–H and O–H groups in total. The summed E-state index contributed by atoms with van der Waals surface area (Å²) < 4.78 is 32.0. The van der Waals surface area contributed by atoms with E-state index in [1.165, 1.54) is 11.3 Å². The Labute approximate surface area is 144 Å². The van der Waals surface area contributed by atoms with Crippen molar-refractivity contribution in [2.75, 3.05) is 12.4 Å². The predicted molar refractivity (Wildman–Crippen MR) is 99.4 cm³/mol. The summed E-state index contributed by atoms with van der Waals surface area (Å²) in [5, 5.41) is 0.138. The van der Waals surface area contributed by atoms with Gasteiger partial charge in [0.1, 0.15) is 0 Å². The molecular formula is C16H25NO3S2Si. The highest BCUT2D eigenvalue weighted by molar-refractivity contribution is 7.93. The van der Waals surface area contributed by atoms with Gasteiger partial charge in [-0.25, -0.2) is 13.4 Å². The summed E-state index contributed by atoms with van der Waals surface area (Å²) in [5.41, 5.74) is 0.744. The second kappa shape index (κ2) is 6.62. The molecule has 1 heterocycles. The normalized spacial score (nSPS) is 13.6. The molecule has 0 bridgehead atoms. The first-order chi connectivity index (χ1) is 10.5. The van der Waals surface area contributed by atoms with Crippen molar-refractivity contribution in [3.05, 3.63) is 24.3 Å². The number of rotatable bonds is 6. The molecule has 0 aliphatic carbocycles. The van der Waals surface area contributed by atoms with E-state index in [2.05, 4.69) is 38.8 Å². The fourth-order valence-electron chi connectivity index (χ4n) is 1.86. The second-order valence-electron chi connectivity index (χ2n) is 7.23. The van der Waals surface area contributed by atoms with E-state index in [4.69, 9.17) is 4.43 Å². The van der Waals surface area contributed by atoms with E-state index in [1.807, 2.05) is 24.3 Å². The van der Waals surface area contributed by atoms with Crippen molar-refractivity contribution in [3.8, 4) is 0 Å². The monoisotopic (exact) mass is 371 g/mol. The molecule has 0 fully saturated rings. The standard InChI is InChI=1S/C16H25NO3S2Si/c1-16(2,3)23(4,5)20-11-8-12-22(18,19)15-17-13-9-6-7-10-14(13)21-15/h6-7,9-10H,8,11-12H2,1-5H3. The number of thiazole rings is 1. The summed E-state index contributed by atoms with van der Waals surface area (Å²) in [6.45, 7) is 11.4. The zero-order valence-corrected chi connectivity index (χ0v) is 17.1. The number of aromatic nitrogens is 1. The third-order valence-corrected chi connectivity index (χ3v) is 12.2. The molecule has 0 unspecified atom stereocenters. The average molecular weight is 372 g/mol. The maximum atomic E-state index is 12.4. The van der Waals surface area contributed by atoms with E-state index in [1.54, 1.807) is 0 Å². The summed E-state index contributed by atoms with van der Waals surface area (Å²) in [4.78, 5) is 4.25. The SMILES string of the molecule is CC(C)(C)[Si](C)(C)OCCCS(=O)(=O)c1nc2ccccc2s1. The maximum Gasteiger partial charge on any atom is 0.210 e. The van der Waals surface area contributed by atoms with Crippen molar-refractivity contribution in [1.82, 2.24) is 4.98 Å². The van der Waals surface area contributed by atoms with Crippen LogP contribution in [-0.4, -0.2) is 34.1 Å². The summed E-state index contributed by atoms with van der Waals surface area (Å²) >= 11 is 1.24. The molecule has 0 aliphatic heterocycles. The molecule has 1 aromatic heterocycles. The summed E-state index contributed by atoms with van der Waals surface area (Å²) in [6, 6.07) is 7.49. The number of fused-ring (bicyclic) bond motifs is 1. The Bertz CT molecular complexity index is 743. The van der Waals surface area contributed by atoms with Gasteiger partial charge in [0.15, 0.2) is 8.32 Å². The Morgan fingerprint density at radius 3 is 2.48 bits per heavy atom. The quantitative estimate of drug-likeness (QED) is 0.555. The zero-order chi connectivity index (χ0) is 17.3. The van der Waals surface area contributed by atoms with Crippen LogP contribution in [0.3, 0.4) is 0 Å². The minimum Gasteiger partial charge on any atom is -0.417 e. The van der Waals surface area contributed by atoms with E-state index in [0.717, 1.165) is 10.2 Å². The fourth-order valence-corrected chi connectivity index (χ4v) is 5.59. The molecule has 128 valence electrons. The van der Waals surface area contributed by atoms with Crippen molar-refractivity contribution in [3.63, 3.8) is 0 Å². The van der Waals surface area contributed by atoms with Crippen molar-refractivity contribution in [1.29, 1.82) is 0 Å². The van der Waals surface area contributed by atoms with Gasteiger partial charge in [-0.3, -0.25) is 0 Å². The molecule has 0 saturated heterocycles. The lowest BCUT2D eigenvalue weighted by Gasteiger charge is -2.36. The van der Waals surface area contributed by atoms with Crippen molar-refractivity contribution in [2.24, 2.45) is 0 Å². The average Bonchev–Trinajstić information content (AvgIpc) is 2.87. The molecule has 7 heteroatoms. The number of sulfone groups is 1. The molecule has 0 atom stereocenters. The molecule has 23 heavy (non-hydrogen) atoms. The molecule has 0 amide bonds. The van der Waals surface area contributed by atoms with Crippen LogP contribution in [0.25, 0.3) is 10.2 Å². The van der Waals surface area contributed by atoms with Crippen LogP contribution >= 0.6 is 11.3 Å². The van der Waals surface area contributed by atoms with Crippen LogP contribution in [0.5, 0.6) is 0 Å². The molecule has 2 rings (SSSR count). The van der Waals surface area contributed by atoms with Gasteiger partial charge in [-0.05, 0) is 36.7 Å². The van der Waals surface area contributed by atoms with Crippen LogP contribution in [0.15, 0.2) is 28.6 Å². The van der Waals surface area contributed by atoms with E-state index in [-0.39, 0.29) is 15.1 Å². The molecule has 0 radical (unpaired) electrons. The van der Waals surface area contributed by atoms with Gasteiger partial charge in [-0.2, -0.15) is 0 Å². The largest absolute Gasteiger partial charge is 0.417 e. The predicted octanol–water partition coefficient (Wildman–Crippen LogP) is 4.48. The molecule has 4 nitrogen and oxygen atoms in total. The Hall–Kier alpha value is -0.763. The van der Waals surface area contributed by atoms with Gasteiger partial charge in [0.05, 0.1) is 16.0 Å². The highest BCUT2D eigenvalue weighted by atomic mass is 32.2. The third kappa shape index (κ3) is 4.41. The van der Waals surface area contributed by atoms with Gasteiger partial charge < -0.3 is 4.43 Å². The highest BCUT2D eigenvalue weighted by Crippen LogP contribution is 2.36. The van der Waals surface area contributed by atoms with E-state index in [9.17, 15) is 8.42 Å². The molecule has 2 aromatic rings. The lowest BCUT2D eigenvalue weighted by Crippen LogP contribution is -2.41. The van der Waals surface area contributed by atoms with Crippen molar-refractivity contribution >= 4 is 39.7 Å². The molecule has 0 aliphatic rings. The van der Waals surface area contributed by atoms with Gasteiger partial charge in [-0.1, -0.05) is 32.9 Å². The van der Waals surface area contributed by atoms with Gasteiger partial charge in [-0.15, -0.1) is 11.3 Å². The molecule has 0 spiro atoms. The first-order valence-electron chi connectivity index (χ1n) is 7.75. The van der Waals surface area contributed by atoms with E-state index >= 15 is 0 Å². The molecule has 0 saturated carbocycles. The maximum absolute atomic E-state index is 12.4. The Kier molecular flexibility index (Phi) is 5.35. The fraction of sp³-hybridized carbons (Fsp3) is 0.562. The Morgan fingerprint density at radius 2 is 1.87 bits per heavy atom. The number of nitrogens with zero attached hydrogens (tertiary/aromatic N) is 1. The zero-order valence-electron chi connectivity index (χ0n) is 14.4. The van der Waals surface area contributed by atoms with E-state index in [0.29, 0.717) is 13.0 Å². The minimum atomic E-state index is -3.33. The van der Waals surface area contributed by atoms with Crippen LogP contribution in [0.2, 0.25) is 18.1 Å². The lowest BCUT2D eigenvalue weighted by molar-refractivity contribution is 0.288. The van der Waals surface area contributed by atoms with Gasteiger partial charge >= 0.3 is 0 Å². The summed E-state index contributed by atoms with van der Waals surface area (Å²) in [7, 11) is -5.15. The minimum absolute atomic E-state index is 0.0848. The first kappa shape index (κ1) is 18.6. The molecular weight excluding hydrogens is 346 g/mol. The van der Waals surface area contributed by atoms with Crippen LogP contribution < -0.4 is 0 Å². The number of para-hydroxylation sites is 1. The summed E-state index contributed by atoms with van der Waals surface area (Å²) in [5.74, 6) is 0.0848. The van der Waals surface area contributed by atoms with Crippen LogP contribution in [-0.2, 0) is 14.3 Å². The smallest absolute Gasteiger partial charge is 0.210 e. The number of benzene rings is 1. The highest BCUT2D eigenvalue weighted by Gasteiger charge is 2.37. The second-order valence-corrected chi connectivity index (χ2v) is 15.4. The first-order valence-corrected chi connectivity index (χ1v) is 13.1. The third-order valence-electron chi connectivity index (χ3n) is 4.37. The summed E-state index contributed by atoms with van der Waals surface area (Å²) in [6.07, 6.45) is 0.505.